The Kier molecular flexibility index (Phi) is 6.02. The van der Waals surface area contributed by atoms with Crippen molar-refractivity contribution in [2.45, 2.75) is 39.5 Å². The van der Waals surface area contributed by atoms with Crippen LogP contribution < -0.4 is 0 Å². The van der Waals surface area contributed by atoms with E-state index >= 15 is 0 Å². The predicted octanol–water partition coefficient (Wildman–Crippen LogP) is 1.60. The van der Waals surface area contributed by atoms with Crippen molar-refractivity contribution in [3.8, 4) is 0 Å². The second-order valence-electron chi connectivity index (χ2n) is 5.22. The van der Waals surface area contributed by atoms with Crippen LogP contribution in [0.5, 0.6) is 0 Å². The van der Waals surface area contributed by atoms with Crippen LogP contribution in [0.1, 0.15) is 38.7 Å². The predicted molar refractivity (Wildman–Crippen MR) is 74.6 cm³/mol. The molecule has 1 amide bonds. The quantitative estimate of drug-likeness (QED) is 0.751. The molecular formula is C14H25N3O2. The number of hydrogen-bond donors (Lipinski definition) is 2. The van der Waals surface area contributed by atoms with E-state index in [0.717, 1.165) is 18.4 Å². The first-order chi connectivity index (χ1) is 9.06. The Morgan fingerprint density at radius 3 is 2.63 bits per heavy atom. The molecule has 0 bridgehead atoms. The second-order valence-corrected chi connectivity index (χ2v) is 5.22. The molecule has 0 saturated carbocycles. The molecule has 0 unspecified atom stereocenters. The normalized spacial score (nSPS) is 11.6. The fourth-order valence-corrected chi connectivity index (χ4v) is 2.19. The maximum absolute atomic E-state index is 12.1. The van der Waals surface area contributed by atoms with Crippen LogP contribution in [0.15, 0.2) is 12.4 Å². The van der Waals surface area contributed by atoms with Crippen LogP contribution in [0.25, 0.3) is 0 Å². The Morgan fingerprint density at radius 1 is 1.47 bits per heavy atom. The summed E-state index contributed by atoms with van der Waals surface area (Å²) in [4.78, 5) is 13.8. The number of rotatable bonds is 8. The molecule has 108 valence electrons. The van der Waals surface area contributed by atoms with Gasteiger partial charge in [-0.15, -0.1) is 0 Å². The number of amides is 1. The maximum Gasteiger partial charge on any atom is 0.222 e. The third-order valence-corrected chi connectivity index (χ3v) is 4.02. The molecule has 1 heterocycles. The molecule has 5 heteroatoms. The van der Waals surface area contributed by atoms with Crippen molar-refractivity contribution in [3.63, 3.8) is 0 Å². The van der Waals surface area contributed by atoms with E-state index in [4.69, 9.17) is 0 Å². The van der Waals surface area contributed by atoms with E-state index in [-0.39, 0.29) is 17.9 Å². The molecule has 1 rings (SSSR count). The molecule has 0 radical (unpaired) electrons. The van der Waals surface area contributed by atoms with Gasteiger partial charge < -0.3 is 10.0 Å². The number of nitrogens with zero attached hydrogens (tertiary/aromatic N) is 2. The monoisotopic (exact) mass is 267 g/mol. The number of H-pyrrole nitrogens is 1. The molecule has 0 spiro atoms. The first-order valence-electron chi connectivity index (χ1n) is 6.89. The zero-order chi connectivity index (χ0) is 14.3. The standard InChI is InChI=1S/C14H25N3O2/c1-4-14(5-2,11-18)10-17(3)13(19)7-6-12-8-15-16-9-12/h8-9,18H,4-7,10-11H2,1-3H3,(H,15,16). The van der Waals surface area contributed by atoms with Gasteiger partial charge in [-0.2, -0.15) is 5.10 Å². The lowest BCUT2D eigenvalue weighted by Crippen LogP contribution is -2.40. The molecule has 5 nitrogen and oxygen atoms in total. The second kappa shape index (κ2) is 7.28. The van der Waals surface area contributed by atoms with Crippen molar-refractivity contribution in [1.82, 2.24) is 15.1 Å². The summed E-state index contributed by atoms with van der Waals surface area (Å²) in [5, 5.41) is 16.1. The highest BCUT2D eigenvalue weighted by Gasteiger charge is 2.28. The molecule has 0 saturated heterocycles. The molecule has 19 heavy (non-hydrogen) atoms. The van der Waals surface area contributed by atoms with E-state index in [0.29, 0.717) is 19.4 Å². The summed E-state index contributed by atoms with van der Waals surface area (Å²) in [7, 11) is 1.81. The van der Waals surface area contributed by atoms with Crippen molar-refractivity contribution >= 4 is 5.91 Å². The molecule has 0 aliphatic carbocycles. The van der Waals surface area contributed by atoms with Gasteiger partial charge >= 0.3 is 0 Å². The van der Waals surface area contributed by atoms with Gasteiger partial charge in [0, 0.05) is 31.6 Å². The lowest BCUT2D eigenvalue weighted by Gasteiger charge is -2.34. The van der Waals surface area contributed by atoms with Gasteiger partial charge in [0.15, 0.2) is 0 Å². The van der Waals surface area contributed by atoms with Crippen LogP contribution in [-0.4, -0.2) is 46.3 Å². The van der Waals surface area contributed by atoms with E-state index < -0.39 is 0 Å². The Balaban J connectivity index is 2.47. The van der Waals surface area contributed by atoms with Crippen molar-refractivity contribution in [3.05, 3.63) is 18.0 Å². The SMILES string of the molecule is CCC(CC)(CO)CN(C)C(=O)CCc1cn[nH]c1. The Bertz CT molecular complexity index is 364. The summed E-state index contributed by atoms with van der Waals surface area (Å²) in [5.41, 5.74) is 0.876. The van der Waals surface area contributed by atoms with Gasteiger partial charge in [-0.3, -0.25) is 9.89 Å². The molecular weight excluding hydrogens is 242 g/mol. The van der Waals surface area contributed by atoms with E-state index in [1.54, 1.807) is 11.1 Å². The zero-order valence-electron chi connectivity index (χ0n) is 12.1. The van der Waals surface area contributed by atoms with E-state index in [1.165, 1.54) is 0 Å². The first-order valence-corrected chi connectivity index (χ1v) is 6.89. The summed E-state index contributed by atoms with van der Waals surface area (Å²) in [6.45, 7) is 4.85. The number of aryl methyl sites for hydroxylation is 1. The summed E-state index contributed by atoms with van der Waals surface area (Å²) >= 11 is 0. The third-order valence-electron chi connectivity index (χ3n) is 4.02. The third kappa shape index (κ3) is 4.35. The van der Waals surface area contributed by atoms with Crippen LogP contribution in [0, 0.1) is 5.41 Å². The smallest absolute Gasteiger partial charge is 0.222 e. The number of aromatic nitrogens is 2. The number of aliphatic hydroxyl groups is 1. The Hall–Kier alpha value is -1.36. The number of carbonyl (C=O) groups excluding carboxylic acids is 1. The highest BCUT2D eigenvalue weighted by Crippen LogP contribution is 2.26. The van der Waals surface area contributed by atoms with Gasteiger partial charge in [0.25, 0.3) is 0 Å². The number of aromatic amines is 1. The molecule has 0 fully saturated rings. The summed E-state index contributed by atoms with van der Waals surface area (Å²) in [6, 6.07) is 0. The molecule has 2 N–H and O–H groups in total. The average molecular weight is 267 g/mol. The molecule has 0 aliphatic rings. The topological polar surface area (TPSA) is 69.2 Å². The fourth-order valence-electron chi connectivity index (χ4n) is 2.19. The summed E-state index contributed by atoms with van der Waals surface area (Å²) < 4.78 is 0. The van der Waals surface area contributed by atoms with Gasteiger partial charge in [0.2, 0.25) is 5.91 Å². The largest absolute Gasteiger partial charge is 0.396 e. The van der Waals surface area contributed by atoms with Gasteiger partial charge in [0.05, 0.1) is 12.8 Å². The van der Waals surface area contributed by atoms with Crippen LogP contribution in [-0.2, 0) is 11.2 Å². The number of hydrogen-bond acceptors (Lipinski definition) is 3. The fraction of sp³-hybridized carbons (Fsp3) is 0.714. The summed E-state index contributed by atoms with van der Waals surface area (Å²) in [6.07, 6.45) is 6.47. The van der Waals surface area contributed by atoms with Gasteiger partial charge in [-0.1, -0.05) is 13.8 Å². The Morgan fingerprint density at radius 2 is 2.16 bits per heavy atom. The van der Waals surface area contributed by atoms with E-state index in [1.807, 2.05) is 13.2 Å². The minimum atomic E-state index is -0.167. The van der Waals surface area contributed by atoms with Crippen LogP contribution in [0.3, 0.4) is 0 Å². The van der Waals surface area contributed by atoms with Gasteiger partial charge in [-0.25, -0.2) is 0 Å². The van der Waals surface area contributed by atoms with Crippen molar-refractivity contribution in [1.29, 1.82) is 0 Å². The van der Waals surface area contributed by atoms with Crippen LogP contribution >= 0.6 is 0 Å². The minimum Gasteiger partial charge on any atom is -0.396 e. The van der Waals surface area contributed by atoms with Crippen molar-refractivity contribution < 1.29 is 9.90 Å². The molecule has 1 aromatic rings. The zero-order valence-corrected chi connectivity index (χ0v) is 12.1. The van der Waals surface area contributed by atoms with Gasteiger partial charge in [0.1, 0.15) is 0 Å². The lowest BCUT2D eigenvalue weighted by atomic mass is 9.82. The van der Waals surface area contributed by atoms with Crippen molar-refractivity contribution in [2.75, 3.05) is 20.2 Å². The van der Waals surface area contributed by atoms with E-state index in [9.17, 15) is 9.90 Å². The molecule has 0 aliphatic heterocycles. The van der Waals surface area contributed by atoms with Crippen LogP contribution in [0.2, 0.25) is 0 Å². The van der Waals surface area contributed by atoms with Crippen LogP contribution in [0.4, 0.5) is 0 Å². The molecule has 0 aromatic carbocycles. The highest BCUT2D eigenvalue weighted by atomic mass is 16.3. The number of nitrogens with one attached hydrogen (secondary N) is 1. The number of aliphatic hydroxyl groups excluding tert-OH is 1. The molecule has 0 atom stereocenters. The highest BCUT2D eigenvalue weighted by molar-refractivity contribution is 5.76. The Labute approximate surface area is 115 Å². The summed E-state index contributed by atoms with van der Waals surface area (Å²) in [5.74, 6) is 0.112. The lowest BCUT2D eigenvalue weighted by molar-refractivity contribution is -0.131. The van der Waals surface area contributed by atoms with Crippen molar-refractivity contribution in [2.24, 2.45) is 5.41 Å². The maximum atomic E-state index is 12.1. The minimum absolute atomic E-state index is 0.112. The van der Waals surface area contributed by atoms with E-state index in [2.05, 4.69) is 24.0 Å². The first kappa shape index (κ1) is 15.7. The van der Waals surface area contributed by atoms with Gasteiger partial charge in [-0.05, 0) is 24.8 Å². The molecule has 1 aromatic heterocycles. The number of carbonyl (C=O) groups is 1. The average Bonchev–Trinajstić information content (AvgIpc) is 2.95.